The van der Waals surface area contributed by atoms with Crippen LogP contribution in [0.25, 0.3) is 12.2 Å². The van der Waals surface area contributed by atoms with Gasteiger partial charge < -0.3 is 39.4 Å². The van der Waals surface area contributed by atoms with Crippen molar-refractivity contribution in [2.75, 3.05) is 87.3 Å². The summed E-state index contributed by atoms with van der Waals surface area (Å²) in [4.78, 5) is 28.5. The highest BCUT2D eigenvalue weighted by atomic mass is 32.2. The van der Waals surface area contributed by atoms with Gasteiger partial charge in [-0.15, -0.1) is 0 Å². The van der Waals surface area contributed by atoms with Crippen molar-refractivity contribution in [1.82, 2.24) is 29.9 Å². The van der Waals surface area contributed by atoms with E-state index in [9.17, 15) is 25.9 Å². The molecule has 0 saturated carbocycles. The first-order chi connectivity index (χ1) is 24.9. The van der Waals surface area contributed by atoms with E-state index in [1.165, 1.54) is 50.6 Å². The molecule has 2 fully saturated rings. The molecule has 2 saturated heterocycles. The summed E-state index contributed by atoms with van der Waals surface area (Å²) in [5.41, 5.74) is 0.414. The summed E-state index contributed by atoms with van der Waals surface area (Å²) in [5, 5.41) is 5.81. The Morgan fingerprint density at radius 1 is 0.635 bits per heavy atom. The normalized spacial score (nSPS) is 15.5. The number of methoxy groups -OCH3 is 2. The molecule has 2 aliphatic rings. The lowest BCUT2D eigenvalue weighted by atomic mass is 10.1. The number of benzene rings is 2. The van der Waals surface area contributed by atoms with Crippen LogP contribution in [0.1, 0.15) is 11.1 Å². The summed E-state index contributed by atoms with van der Waals surface area (Å²) < 4.78 is 91.3. The van der Waals surface area contributed by atoms with Gasteiger partial charge in [-0.05, 0) is 35.4 Å². The smallest absolute Gasteiger partial charge is 0.322 e. The lowest BCUT2D eigenvalue weighted by molar-refractivity contribution is 0.122. The molecule has 0 aliphatic carbocycles. The van der Waals surface area contributed by atoms with Gasteiger partial charge in [0.15, 0.2) is 0 Å². The topological polar surface area (TPSA) is 254 Å². The van der Waals surface area contributed by atoms with Gasteiger partial charge in [0.05, 0.1) is 40.6 Å². The summed E-state index contributed by atoms with van der Waals surface area (Å²) in [5.74, 6) is 0.761. The Morgan fingerprint density at radius 2 is 1.02 bits per heavy atom. The summed E-state index contributed by atoms with van der Waals surface area (Å²) in [6.07, 6.45) is 2.55. The van der Waals surface area contributed by atoms with Crippen LogP contribution in [0.2, 0.25) is 0 Å². The Balaban J connectivity index is 1.27. The monoisotopic (exact) mass is 758 g/mol. The van der Waals surface area contributed by atoms with Crippen molar-refractivity contribution in [3.05, 3.63) is 47.5 Å². The van der Waals surface area contributed by atoms with Crippen molar-refractivity contribution < 1.29 is 44.9 Å². The van der Waals surface area contributed by atoms with Gasteiger partial charge in [0.25, 0.3) is 20.2 Å². The molecule has 6 rings (SSSR count). The largest absolute Gasteiger partial charge is 0.467 e. The number of rotatable bonds is 12. The molecule has 0 spiro atoms. The lowest BCUT2D eigenvalue weighted by Crippen LogP contribution is -2.37. The Hall–Kier alpha value is -5.26. The number of hydrogen-bond donors (Lipinski definition) is 4. The fraction of sp³-hybridized carbons (Fsp3) is 0.333. The third kappa shape index (κ3) is 8.96. The van der Waals surface area contributed by atoms with Crippen molar-refractivity contribution in [2.45, 2.75) is 9.79 Å². The fourth-order valence-corrected chi connectivity index (χ4v) is 6.60. The second-order valence-electron chi connectivity index (χ2n) is 11.1. The Kier molecular flexibility index (Phi) is 10.9. The summed E-state index contributed by atoms with van der Waals surface area (Å²) in [6.45, 7) is 4.14. The van der Waals surface area contributed by atoms with Gasteiger partial charge in [0.1, 0.15) is 9.79 Å². The Morgan fingerprint density at radius 3 is 1.37 bits per heavy atom. The summed E-state index contributed by atoms with van der Waals surface area (Å²) in [6, 6.07) is 8.13. The molecule has 22 heteroatoms. The van der Waals surface area contributed by atoms with E-state index in [1.54, 1.807) is 0 Å². The lowest BCUT2D eigenvalue weighted by Gasteiger charge is -2.26. The highest BCUT2D eigenvalue weighted by molar-refractivity contribution is 7.86. The SMILES string of the molecule is COc1nc(Nc2ccc(C=Cc3ccc(Nc4nc(OC)nc(N5CCOCC5)n4)cc3S(=O)(=O)O)c(S(=O)(=O)O)c2)nc(N2CCOCC2)n1. The molecule has 0 unspecified atom stereocenters. The van der Waals surface area contributed by atoms with Crippen molar-refractivity contribution in [2.24, 2.45) is 0 Å². The predicted octanol–water partition coefficient (Wildman–Crippen LogP) is 1.90. The molecule has 276 valence electrons. The molecule has 4 heterocycles. The molecule has 4 N–H and O–H groups in total. The molecular weight excluding hydrogens is 725 g/mol. The Labute approximate surface area is 298 Å². The van der Waals surface area contributed by atoms with E-state index in [0.717, 1.165) is 12.1 Å². The van der Waals surface area contributed by atoms with Crippen LogP contribution < -0.4 is 29.9 Å². The first-order valence-corrected chi connectivity index (χ1v) is 18.5. The van der Waals surface area contributed by atoms with E-state index in [2.05, 4.69) is 40.5 Å². The number of hydrogen-bond acceptors (Lipinski definition) is 18. The van der Waals surface area contributed by atoms with E-state index in [1.807, 2.05) is 9.80 Å². The minimum Gasteiger partial charge on any atom is -0.467 e. The number of nitrogens with one attached hydrogen (secondary N) is 2. The molecule has 2 aliphatic heterocycles. The van der Waals surface area contributed by atoms with Crippen LogP contribution in [0, 0.1) is 0 Å². The highest BCUT2D eigenvalue weighted by Gasteiger charge is 2.21. The molecular formula is C30H34N10O10S2. The van der Waals surface area contributed by atoms with Gasteiger partial charge in [-0.2, -0.15) is 46.7 Å². The number of morpholine rings is 2. The van der Waals surface area contributed by atoms with Gasteiger partial charge in [-0.25, -0.2) is 0 Å². The second-order valence-corrected chi connectivity index (χ2v) is 13.9. The van der Waals surface area contributed by atoms with Crippen molar-refractivity contribution in [3.63, 3.8) is 0 Å². The van der Waals surface area contributed by atoms with Crippen LogP contribution in [0.15, 0.2) is 46.2 Å². The summed E-state index contributed by atoms with van der Waals surface area (Å²) in [7, 11) is -6.80. The number of nitrogens with zero attached hydrogens (tertiary/aromatic N) is 8. The van der Waals surface area contributed by atoms with Crippen LogP contribution in [-0.2, 0) is 29.7 Å². The molecule has 0 radical (unpaired) electrons. The molecule has 2 aromatic heterocycles. The zero-order valence-corrected chi connectivity index (χ0v) is 29.5. The molecule has 20 nitrogen and oxygen atoms in total. The van der Waals surface area contributed by atoms with Crippen LogP contribution in [0.4, 0.5) is 35.2 Å². The van der Waals surface area contributed by atoms with Gasteiger partial charge in [-0.3, -0.25) is 9.11 Å². The minimum absolute atomic E-state index is 0.00620. The van der Waals surface area contributed by atoms with Crippen LogP contribution in [0.5, 0.6) is 12.0 Å². The van der Waals surface area contributed by atoms with Gasteiger partial charge in [-0.1, -0.05) is 24.3 Å². The molecule has 0 bridgehead atoms. The molecule has 0 amide bonds. The maximum absolute atomic E-state index is 12.5. The standard InChI is InChI=1S/C30H34N10O10S2/c1-47-29-35-25(33-27(37-29)39-9-13-49-14-10-39)31-21-7-5-19(23(17-21)51(41,42)43)3-4-20-6-8-22(18-24(20)52(44,45)46)32-26-34-28(38-30(36-26)48-2)40-11-15-50-16-12-40/h3-8,17-18H,9-16H2,1-2H3,(H,41,42,43)(H,44,45,46)(H,31,33,35,37)(H,32,34,36,38). The van der Waals surface area contributed by atoms with E-state index in [-0.39, 0.29) is 46.4 Å². The molecule has 0 atom stereocenters. The first-order valence-electron chi connectivity index (χ1n) is 15.6. The third-order valence-corrected chi connectivity index (χ3v) is 9.52. The van der Waals surface area contributed by atoms with Gasteiger partial charge in [0, 0.05) is 37.6 Å². The maximum atomic E-state index is 12.5. The van der Waals surface area contributed by atoms with E-state index in [0.29, 0.717) is 64.5 Å². The minimum atomic E-state index is -4.80. The van der Waals surface area contributed by atoms with Gasteiger partial charge >= 0.3 is 12.0 Å². The average molecular weight is 759 g/mol. The second kappa shape index (κ2) is 15.5. The van der Waals surface area contributed by atoms with Gasteiger partial charge in [0.2, 0.25) is 23.8 Å². The Bertz CT molecular complexity index is 2030. The fourth-order valence-electron chi connectivity index (χ4n) is 5.18. The van der Waals surface area contributed by atoms with Crippen LogP contribution in [-0.4, -0.2) is 123 Å². The third-order valence-electron chi connectivity index (χ3n) is 7.70. The van der Waals surface area contributed by atoms with Crippen LogP contribution in [0.3, 0.4) is 0 Å². The highest BCUT2D eigenvalue weighted by Crippen LogP contribution is 2.29. The quantitative estimate of drug-likeness (QED) is 0.119. The van der Waals surface area contributed by atoms with Crippen LogP contribution >= 0.6 is 0 Å². The first kappa shape index (κ1) is 36.5. The summed E-state index contributed by atoms with van der Waals surface area (Å²) >= 11 is 0. The predicted molar refractivity (Wildman–Crippen MR) is 187 cm³/mol. The number of ether oxygens (including phenoxy) is 4. The average Bonchev–Trinajstić information content (AvgIpc) is 3.14. The zero-order valence-electron chi connectivity index (χ0n) is 27.8. The van der Waals surface area contributed by atoms with E-state index >= 15 is 0 Å². The van der Waals surface area contributed by atoms with E-state index < -0.39 is 30.0 Å². The van der Waals surface area contributed by atoms with E-state index in [4.69, 9.17) is 18.9 Å². The van der Waals surface area contributed by atoms with Crippen molar-refractivity contribution in [1.29, 1.82) is 0 Å². The number of aromatic nitrogens is 6. The zero-order chi connectivity index (χ0) is 36.9. The van der Waals surface area contributed by atoms with Crippen molar-refractivity contribution >= 4 is 67.6 Å². The molecule has 52 heavy (non-hydrogen) atoms. The number of anilines is 6. The van der Waals surface area contributed by atoms with Crippen molar-refractivity contribution in [3.8, 4) is 12.0 Å². The molecule has 4 aromatic rings. The molecule has 2 aromatic carbocycles. The maximum Gasteiger partial charge on any atom is 0.322 e.